The van der Waals surface area contributed by atoms with Gasteiger partial charge < -0.3 is 9.47 Å². The number of para-hydroxylation sites is 2. The molecule has 7 heteroatoms. The molecular formula is C24H24N6O. The van der Waals surface area contributed by atoms with Gasteiger partial charge in [0.25, 0.3) is 0 Å². The van der Waals surface area contributed by atoms with Crippen LogP contribution in [0.4, 0.5) is 0 Å². The molecule has 0 unspecified atom stereocenters. The average Bonchev–Trinajstić information content (AvgIpc) is 3.22. The molecule has 5 rings (SSSR count). The van der Waals surface area contributed by atoms with Gasteiger partial charge in [-0.15, -0.1) is 0 Å². The zero-order valence-corrected chi connectivity index (χ0v) is 17.5. The largest absolute Gasteiger partial charge is 0.340 e. The molecule has 1 amide bonds. The number of benzene rings is 1. The Bertz CT molecular complexity index is 1220. The fraction of sp³-hybridized carbons (Fsp3) is 0.292. The lowest BCUT2D eigenvalue weighted by atomic mass is 9.90. The average molecular weight is 412 g/mol. The Hall–Kier alpha value is -3.61. The lowest BCUT2D eigenvalue weighted by molar-refractivity contribution is -0.133. The van der Waals surface area contributed by atoms with Crippen molar-refractivity contribution >= 4 is 16.9 Å². The Labute approximate surface area is 180 Å². The molecule has 156 valence electrons. The number of piperidine rings is 1. The van der Waals surface area contributed by atoms with E-state index < -0.39 is 0 Å². The van der Waals surface area contributed by atoms with E-state index in [2.05, 4.69) is 15.0 Å². The van der Waals surface area contributed by atoms with Gasteiger partial charge in [0.05, 0.1) is 23.1 Å². The van der Waals surface area contributed by atoms with Gasteiger partial charge in [0, 0.05) is 43.2 Å². The number of hydrogen-bond donors (Lipinski definition) is 0. The van der Waals surface area contributed by atoms with Crippen molar-refractivity contribution in [3.8, 4) is 11.1 Å². The minimum absolute atomic E-state index is 0.115. The number of likely N-dealkylation sites (tertiary alicyclic amines) is 1. The number of rotatable bonds is 4. The number of carbonyl (C=O) groups excluding carboxylic acids is 1. The third-order valence-electron chi connectivity index (χ3n) is 5.92. The van der Waals surface area contributed by atoms with Crippen molar-refractivity contribution in [2.24, 2.45) is 0 Å². The molecule has 3 aromatic heterocycles. The standard InChI is InChI=1S/C24H24N6O/c1-17-26-13-20(18-8-10-25-11-9-18)24(28-17)19-5-4-12-29(14-19)23(31)15-30-16-27-21-6-2-3-7-22(21)30/h2-3,6-11,13,16,19H,4-5,12,14-15H2,1H3/t19-/m1/s1. The maximum Gasteiger partial charge on any atom is 0.242 e. The molecular weight excluding hydrogens is 388 g/mol. The minimum atomic E-state index is 0.115. The van der Waals surface area contributed by atoms with Crippen molar-refractivity contribution in [3.05, 3.63) is 72.8 Å². The van der Waals surface area contributed by atoms with Crippen LogP contribution in [-0.4, -0.2) is 48.4 Å². The summed E-state index contributed by atoms with van der Waals surface area (Å²) in [6, 6.07) is 11.9. The third-order valence-corrected chi connectivity index (χ3v) is 5.92. The van der Waals surface area contributed by atoms with Gasteiger partial charge in [0.15, 0.2) is 0 Å². The van der Waals surface area contributed by atoms with Crippen LogP contribution >= 0.6 is 0 Å². The molecule has 1 aliphatic rings. The van der Waals surface area contributed by atoms with E-state index in [1.807, 2.05) is 59.0 Å². The molecule has 1 saturated heterocycles. The quantitative estimate of drug-likeness (QED) is 0.512. The number of nitrogens with zero attached hydrogens (tertiary/aromatic N) is 6. The molecule has 7 nitrogen and oxygen atoms in total. The molecule has 4 heterocycles. The summed E-state index contributed by atoms with van der Waals surface area (Å²) in [4.78, 5) is 32.9. The van der Waals surface area contributed by atoms with Crippen LogP contribution in [-0.2, 0) is 11.3 Å². The molecule has 1 fully saturated rings. The van der Waals surface area contributed by atoms with Crippen molar-refractivity contribution in [3.63, 3.8) is 0 Å². The summed E-state index contributed by atoms with van der Waals surface area (Å²) in [7, 11) is 0. The maximum absolute atomic E-state index is 13.1. The van der Waals surface area contributed by atoms with Crippen LogP contribution < -0.4 is 0 Å². The second-order valence-corrected chi connectivity index (χ2v) is 7.99. The predicted molar refractivity (Wildman–Crippen MR) is 118 cm³/mol. The molecule has 1 aromatic carbocycles. The van der Waals surface area contributed by atoms with E-state index in [0.29, 0.717) is 13.1 Å². The minimum Gasteiger partial charge on any atom is -0.340 e. The van der Waals surface area contributed by atoms with E-state index >= 15 is 0 Å². The zero-order chi connectivity index (χ0) is 21.2. The van der Waals surface area contributed by atoms with Gasteiger partial charge in [-0.1, -0.05) is 12.1 Å². The van der Waals surface area contributed by atoms with Crippen molar-refractivity contribution < 1.29 is 4.79 Å². The molecule has 31 heavy (non-hydrogen) atoms. The molecule has 0 spiro atoms. The smallest absolute Gasteiger partial charge is 0.242 e. The first-order valence-corrected chi connectivity index (χ1v) is 10.6. The highest BCUT2D eigenvalue weighted by molar-refractivity contribution is 5.80. The van der Waals surface area contributed by atoms with Crippen LogP contribution in [0, 0.1) is 6.92 Å². The summed E-state index contributed by atoms with van der Waals surface area (Å²) in [5, 5.41) is 0. The van der Waals surface area contributed by atoms with Crippen molar-refractivity contribution in [2.75, 3.05) is 13.1 Å². The van der Waals surface area contributed by atoms with E-state index in [9.17, 15) is 4.79 Å². The number of hydrogen-bond acceptors (Lipinski definition) is 5. The molecule has 0 N–H and O–H groups in total. The molecule has 0 radical (unpaired) electrons. The van der Waals surface area contributed by atoms with Gasteiger partial charge in [-0.2, -0.15) is 0 Å². The maximum atomic E-state index is 13.1. The Morgan fingerprint density at radius 2 is 1.97 bits per heavy atom. The van der Waals surface area contributed by atoms with Crippen LogP contribution in [0.5, 0.6) is 0 Å². The Morgan fingerprint density at radius 3 is 2.84 bits per heavy atom. The van der Waals surface area contributed by atoms with E-state index in [-0.39, 0.29) is 11.8 Å². The number of aromatic nitrogens is 5. The summed E-state index contributed by atoms with van der Waals surface area (Å²) in [6.45, 7) is 3.65. The summed E-state index contributed by atoms with van der Waals surface area (Å²) in [6.07, 6.45) is 9.17. The SMILES string of the molecule is Cc1ncc(-c2ccncc2)c([C@@H]2CCCN(C(=O)Cn3cnc4ccccc43)C2)n1. The van der Waals surface area contributed by atoms with Gasteiger partial charge in [-0.25, -0.2) is 15.0 Å². The van der Waals surface area contributed by atoms with E-state index in [1.165, 1.54) is 0 Å². The van der Waals surface area contributed by atoms with Crippen molar-refractivity contribution in [2.45, 2.75) is 32.2 Å². The van der Waals surface area contributed by atoms with Crippen LogP contribution in [0.1, 0.15) is 30.3 Å². The second kappa shape index (κ2) is 8.26. The summed E-state index contributed by atoms with van der Waals surface area (Å²) in [5.74, 6) is 1.05. The Kier molecular flexibility index (Phi) is 5.16. The number of imidazole rings is 1. The van der Waals surface area contributed by atoms with Gasteiger partial charge in [-0.05, 0) is 49.6 Å². The van der Waals surface area contributed by atoms with Crippen molar-refractivity contribution in [1.82, 2.24) is 29.4 Å². The first kappa shape index (κ1) is 19.4. The van der Waals surface area contributed by atoms with Crippen molar-refractivity contribution in [1.29, 1.82) is 0 Å². The molecule has 0 bridgehead atoms. The fourth-order valence-corrected chi connectivity index (χ4v) is 4.36. The molecule has 0 aliphatic carbocycles. The molecule has 1 atom stereocenters. The van der Waals surface area contributed by atoms with Gasteiger partial charge in [-0.3, -0.25) is 9.78 Å². The highest BCUT2D eigenvalue weighted by Gasteiger charge is 2.28. The molecule has 1 aliphatic heterocycles. The van der Waals surface area contributed by atoms with Crippen LogP contribution in [0.25, 0.3) is 22.2 Å². The summed E-state index contributed by atoms with van der Waals surface area (Å²) in [5.41, 5.74) is 4.98. The topological polar surface area (TPSA) is 76.8 Å². The van der Waals surface area contributed by atoms with Gasteiger partial charge in [0.1, 0.15) is 12.4 Å². The number of aryl methyl sites for hydroxylation is 1. The number of fused-ring (bicyclic) bond motifs is 1. The third kappa shape index (κ3) is 3.91. The monoisotopic (exact) mass is 412 g/mol. The Morgan fingerprint density at radius 1 is 1.13 bits per heavy atom. The second-order valence-electron chi connectivity index (χ2n) is 7.99. The first-order valence-electron chi connectivity index (χ1n) is 10.6. The first-order chi connectivity index (χ1) is 15.2. The number of amides is 1. The van der Waals surface area contributed by atoms with E-state index in [1.54, 1.807) is 18.7 Å². The lowest BCUT2D eigenvalue weighted by Crippen LogP contribution is -2.41. The summed E-state index contributed by atoms with van der Waals surface area (Å²) < 4.78 is 1.93. The number of pyridine rings is 1. The number of carbonyl (C=O) groups is 1. The van der Waals surface area contributed by atoms with Crippen LogP contribution in [0.2, 0.25) is 0 Å². The molecule has 4 aromatic rings. The highest BCUT2D eigenvalue weighted by atomic mass is 16.2. The van der Waals surface area contributed by atoms with Crippen LogP contribution in [0.3, 0.4) is 0 Å². The molecule has 0 saturated carbocycles. The normalized spacial score (nSPS) is 16.5. The van der Waals surface area contributed by atoms with Gasteiger partial charge in [0.2, 0.25) is 5.91 Å². The highest BCUT2D eigenvalue weighted by Crippen LogP contribution is 2.33. The Balaban J connectivity index is 1.38. The van der Waals surface area contributed by atoms with Crippen LogP contribution in [0.15, 0.2) is 61.3 Å². The van der Waals surface area contributed by atoms with Gasteiger partial charge >= 0.3 is 0 Å². The lowest BCUT2D eigenvalue weighted by Gasteiger charge is -2.33. The van der Waals surface area contributed by atoms with E-state index in [4.69, 9.17) is 4.98 Å². The summed E-state index contributed by atoms with van der Waals surface area (Å²) >= 11 is 0. The van der Waals surface area contributed by atoms with E-state index in [0.717, 1.165) is 53.1 Å². The predicted octanol–water partition coefficient (Wildman–Crippen LogP) is 3.60. The fourth-order valence-electron chi connectivity index (χ4n) is 4.36. The zero-order valence-electron chi connectivity index (χ0n) is 17.5.